The average Bonchev–Trinajstić information content (AvgIpc) is 2.77. The molecule has 2 rings (SSSR count). The second-order valence-corrected chi connectivity index (χ2v) is 7.35. The van der Waals surface area contributed by atoms with E-state index in [0.717, 1.165) is 17.7 Å². The van der Waals surface area contributed by atoms with Crippen molar-refractivity contribution in [2.24, 2.45) is 5.92 Å². The molecule has 1 aliphatic heterocycles. The molecule has 19 heavy (non-hydrogen) atoms. The highest BCUT2D eigenvalue weighted by atomic mass is 32.2. The van der Waals surface area contributed by atoms with Crippen molar-refractivity contribution in [3.05, 3.63) is 29.8 Å². The van der Waals surface area contributed by atoms with Gasteiger partial charge >= 0.3 is 0 Å². The summed E-state index contributed by atoms with van der Waals surface area (Å²) >= 11 is 0. The van der Waals surface area contributed by atoms with E-state index in [1.807, 2.05) is 24.3 Å². The number of rotatable bonds is 5. The first-order chi connectivity index (χ1) is 9.00. The smallest absolute Gasteiger partial charge is 0.150 e. The maximum absolute atomic E-state index is 11.4. The van der Waals surface area contributed by atoms with Crippen LogP contribution < -0.4 is 4.74 Å². The van der Waals surface area contributed by atoms with E-state index in [2.05, 4.69) is 0 Å². The van der Waals surface area contributed by atoms with E-state index >= 15 is 0 Å². The van der Waals surface area contributed by atoms with Crippen molar-refractivity contribution in [1.82, 2.24) is 0 Å². The normalized spacial score (nSPS) is 23.2. The topological polar surface area (TPSA) is 63.6 Å². The van der Waals surface area contributed by atoms with Gasteiger partial charge in [-0.15, -0.1) is 0 Å². The SMILES string of the molecule is COc1ccc(CCC(O)C2CCS(=O)(=O)C2)cc1. The number of aliphatic hydroxyl groups is 1. The summed E-state index contributed by atoms with van der Waals surface area (Å²) in [5, 5.41) is 10.1. The molecule has 0 amide bonds. The van der Waals surface area contributed by atoms with E-state index in [0.29, 0.717) is 12.8 Å². The van der Waals surface area contributed by atoms with Gasteiger partial charge in [0.05, 0.1) is 24.7 Å². The maximum Gasteiger partial charge on any atom is 0.150 e. The van der Waals surface area contributed by atoms with Gasteiger partial charge in [0.2, 0.25) is 0 Å². The van der Waals surface area contributed by atoms with Crippen LogP contribution in [0.5, 0.6) is 5.75 Å². The Morgan fingerprint density at radius 2 is 2.05 bits per heavy atom. The Morgan fingerprint density at radius 1 is 1.37 bits per heavy atom. The summed E-state index contributed by atoms with van der Waals surface area (Å²) in [4.78, 5) is 0. The quantitative estimate of drug-likeness (QED) is 0.888. The molecular formula is C14H20O4S. The third-order valence-corrected chi connectivity index (χ3v) is 5.49. The summed E-state index contributed by atoms with van der Waals surface area (Å²) in [6.07, 6.45) is 1.42. The predicted octanol–water partition coefficient (Wildman–Crippen LogP) is 1.42. The lowest BCUT2D eigenvalue weighted by Gasteiger charge is -2.16. The van der Waals surface area contributed by atoms with Gasteiger partial charge < -0.3 is 9.84 Å². The fourth-order valence-electron chi connectivity index (χ4n) is 2.47. The van der Waals surface area contributed by atoms with E-state index < -0.39 is 15.9 Å². The second kappa shape index (κ2) is 5.92. The van der Waals surface area contributed by atoms with Crippen molar-refractivity contribution in [2.45, 2.75) is 25.4 Å². The standard InChI is InChI=1S/C14H20O4S/c1-18-13-5-2-11(3-6-13)4-7-14(15)12-8-9-19(16,17)10-12/h2-3,5-6,12,14-15H,4,7-10H2,1H3. The van der Waals surface area contributed by atoms with Gasteiger partial charge in [0.15, 0.2) is 9.84 Å². The Hall–Kier alpha value is -1.07. The zero-order valence-corrected chi connectivity index (χ0v) is 11.9. The van der Waals surface area contributed by atoms with Crippen molar-refractivity contribution in [3.63, 3.8) is 0 Å². The van der Waals surface area contributed by atoms with Crippen LogP contribution in [0.15, 0.2) is 24.3 Å². The predicted molar refractivity (Wildman–Crippen MR) is 74.1 cm³/mol. The van der Waals surface area contributed by atoms with Crippen molar-refractivity contribution in [1.29, 1.82) is 0 Å². The Kier molecular flexibility index (Phi) is 4.47. The third-order valence-electron chi connectivity index (χ3n) is 3.70. The maximum atomic E-state index is 11.4. The number of hydrogen-bond acceptors (Lipinski definition) is 4. The van der Waals surface area contributed by atoms with Crippen LogP contribution in [0.3, 0.4) is 0 Å². The Bertz CT molecular complexity index is 507. The van der Waals surface area contributed by atoms with Crippen LogP contribution in [0.25, 0.3) is 0 Å². The average molecular weight is 284 g/mol. The highest BCUT2D eigenvalue weighted by molar-refractivity contribution is 7.91. The summed E-state index contributed by atoms with van der Waals surface area (Å²) < 4.78 is 27.8. The molecule has 1 heterocycles. The van der Waals surface area contributed by atoms with Crippen LogP contribution in [0.2, 0.25) is 0 Å². The van der Waals surface area contributed by atoms with Crippen LogP contribution in [0.4, 0.5) is 0 Å². The minimum Gasteiger partial charge on any atom is -0.497 e. The molecule has 106 valence electrons. The molecule has 1 aromatic rings. The highest BCUT2D eigenvalue weighted by Gasteiger charge is 2.32. The van der Waals surface area contributed by atoms with E-state index in [-0.39, 0.29) is 17.4 Å². The second-order valence-electron chi connectivity index (χ2n) is 5.12. The first-order valence-electron chi connectivity index (χ1n) is 6.51. The summed E-state index contributed by atoms with van der Waals surface area (Å²) in [7, 11) is -1.28. The molecule has 0 aliphatic carbocycles. The first kappa shape index (κ1) is 14.3. The summed E-state index contributed by atoms with van der Waals surface area (Å²) in [5.74, 6) is 1.07. The van der Waals surface area contributed by atoms with E-state index in [1.54, 1.807) is 7.11 Å². The minimum atomic E-state index is -2.91. The molecule has 4 nitrogen and oxygen atoms in total. The first-order valence-corrected chi connectivity index (χ1v) is 8.34. The number of aryl methyl sites for hydroxylation is 1. The number of benzene rings is 1. The fraction of sp³-hybridized carbons (Fsp3) is 0.571. The minimum absolute atomic E-state index is 0.0942. The van der Waals surface area contributed by atoms with E-state index in [9.17, 15) is 13.5 Å². The zero-order valence-electron chi connectivity index (χ0n) is 11.1. The van der Waals surface area contributed by atoms with Gasteiger partial charge in [0, 0.05) is 0 Å². The molecule has 0 radical (unpaired) electrons. The lowest BCUT2D eigenvalue weighted by atomic mass is 9.96. The fourth-order valence-corrected chi connectivity index (χ4v) is 4.34. The highest BCUT2D eigenvalue weighted by Crippen LogP contribution is 2.24. The van der Waals surface area contributed by atoms with Gasteiger partial charge in [-0.05, 0) is 42.9 Å². The van der Waals surface area contributed by atoms with Crippen LogP contribution in [0.1, 0.15) is 18.4 Å². The number of methoxy groups -OCH3 is 1. The lowest BCUT2D eigenvalue weighted by molar-refractivity contribution is 0.111. The van der Waals surface area contributed by atoms with Gasteiger partial charge in [-0.3, -0.25) is 0 Å². The molecule has 5 heteroatoms. The molecule has 1 aliphatic rings. The van der Waals surface area contributed by atoms with Gasteiger partial charge in [-0.1, -0.05) is 12.1 Å². The monoisotopic (exact) mass is 284 g/mol. The van der Waals surface area contributed by atoms with Crippen molar-refractivity contribution in [2.75, 3.05) is 18.6 Å². The molecule has 1 saturated heterocycles. The van der Waals surface area contributed by atoms with Crippen LogP contribution in [-0.2, 0) is 16.3 Å². The molecule has 2 unspecified atom stereocenters. The molecule has 0 spiro atoms. The Balaban J connectivity index is 1.84. The van der Waals surface area contributed by atoms with Crippen molar-refractivity contribution >= 4 is 9.84 Å². The van der Waals surface area contributed by atoms with Crippen molar-refractivity contribution in [3.8, 4) is 5.75 Å². The van der Waals surface area contributed by atoms with Gasteiger partial charge in [-0.25, -0.2) is 8.42 Å². The summed E-state index contributed by atoms with van der Waals surface area (Å²) in [6, 6.07) is 7.72. The van der Waals surface area contributed by atoms with E-state index in [4.69, 9.17) is 4.74 Å². The molecule has 1 fully saturated rings. The Labute approximate surface area is 114 Å². The van der Waals surface area contributed by atoms with Gasteiger partial charge in [0.25, 0.3) is 0 Å². The number of sulfone groups is 1. The van der Waals surface area contributed by atoms with Crippen LogP contribution >= 0.6 is 0 Å². The summed E-state index contributed by atoms with van der Waals surface area (Å²) in [5.41, 5.74) is 1.13. The number of aliphatic hydroxyl groups excluding tert-OH is 1. The number of hydrogen-bond donors (Lipinski definition) is 1. The number of ether oxygens (including phenoxy) is 1. The molecule has 2 atom stereocenters. The molecule has 0 saturated carbocycles. The summed E-state index contributed by atoms with van der Waals surface area (Å²) in [6.45, 7) is 0. The molecule has 0 bridgehead atoms. The van der Waals surface area contributed by atoms with Gasteiger partial charge in [-0.2, -0.15) is 0 Å². The Morgan fingerprint density at radius 3 is 2.58 bits per heavy atom. The third kappa shape index (κ3) is 3.94. The lowest BCUT2D eigenvalue weighted by Crippen LogP contribution is -2.22. The molecule has 0 aromatic heterocycles. The van der Waals surface area contributed by atoms with E-state index in [1.165, 1.54) is 0 Å². The molecular weight excluding hydrogens is 264 g/mol. The van der Waals surface area contributed by atoms with Crippen molar-refractivity contribution < 1.29 is 18.3 Å². The zero-order chi connectivity index (χ0) is 13.9. The van der Waals surface area contributed by atoms with Crippen LogP contribution in [-0.4, -0.2) is 38.2 Å². The van der Waals surface area contributed by atoms with Gasteiger partial charge in [0.1, 0.15) is 5.75 Å². The molecule has 1 N–H and O–H groups in total. The van der Waals surface area contributed by atoms with Crippen LogP contribution in [0, 0.1) is 5.92 Å². The largest absolute Gasteiger partial charge is 0.497 e. The molecule has 1 aromatic carbocycles.